The van der Waals surface area contributed by atoms with Crippen LogP contribution in [0.4, 0.5) is 4.39 Å². The second kappa shape index (κ2) is 6.04. The average Bonchev–Trinajstić information content (AvgIpc) is 2.36. The second-order valence-corrected chi connectivity index (χ2v) is 4.83. The van der Waals surface area contributed by atoms with E-state index < -0.39 is 0 Å². The van der Waals surface area contributed by atoms with Crippen molar-refractivity contribution in [1.82, 2.24) is 0 Å². The average molecular weight is 280 g/mol. The van der Waals surface area contributed by atoms with Crippen LogP contribution in [0, 0.1) is 5.82 Å². The number of benzene rings is 2. The molecule has 0 spiro atoms. The first-order valence-corrected chi connectivity index (χ1v) is 6.36. The Labute approximate surface area is 117 Å². The number of ether oxygens (including phenoxy) is 1. The summed E-state index contributed by atoms with van der Waals surface area (Å²) in [7, 11) is 0. The van der Waals surface area contributed by atoms with E-state index in [1.165, 1.54) is 12.1 Å². The van der Waals surface area contributed by atoms with Gasteiger partial charge in [0.1, 0.15) is 18.2 Å². The lowest BCUT2D eigenvalue weighted by atomic mass is 10.1. The van der Waals surface area contributed by atoms with Gasteiger partial charge in [-0.3, -0.25) is 0 Å². The molecule has 19 heavy (non-hydrogen) atoms. The highest BCUT2D eigenvalue weighted by molar-refractivity contribution is 6.30. The number of hydrogen-bond acceptors (Lipinski definition) is 2. The highest BCUT2D eigenvalue weighted by Gasteiger charge is 2.09. The molecule has 100 valence electrons. The van der Waals surface area contributed by atoms with Crippen LogP contribution in [0.5, 0.6) is 5.75 Å². The van der Waals surface area contributed by atoms with Gasteiger partial charge in [-0.05, 0) is 30.7 Å². The van der Waals surface area contributed by atoms with Crippen LogP contribution >= 0.6 is 11.6 Å². The summed E-state index contributed by atoms with van der Waals surface area (Å²) in [6.07, 6.45) is 0. The van der Waals surface area contributed by atoms with Crippen LogP contribution in [0.3, 0.4) is 0 Å². The van der Waals surface area contributed by atoms with Gasteiger partial charge in [0.05, 0.1) is 0 Å². The molecule has 2 nitrogen and oxygen atoms in total. The van der Waals surface area contributed by atoms with Crippen LogP contribution in [0.1, 0.15) is 24.1 Å². The monoisotopic (exact) mass is 279 g/mol. The molecule has 2 aromatic rings. The normalized spacial score (nSPS) is 12.2. The van der Waals surface area contributed by atoms with Gasteiger partial charge in [-0.1, -0.05) is 29.8 Å². The van der Waals surface area contributed by atoms with Gasteiger partial charge in [0.25, 0.3) is 0 Å². The molecule has 0 aromatic heterocycles. The molecule has 0 amide bonds. The summed E-state index contributed by atoms with van der Waals surface area (Å²) >= 11 is 5.90. The van der Waals surface area contributed by atoms with Gasteiger partial charge in [-0.2, -0.15) is 0 Å². The predicted octanol–water partition coefficient (Wildman–Crippen LogP) is 4.08. The van der Waals surface area contributed by atoms with Crippen molar-refractivity contribution < 1.29 is 9.13 Å². The summed E-state index contributed by atoms with van der Waals surface area (Å²) in [6.45, 7) is 2.16. The molecule has 0 saturated carbocycles. The third-order valence-electron chi connectivity index (χ3n) is 2.75. The second-order valence-electron chi connectivity index (χ2n) is 4.39. The van der Waals surface area contributed by atoms with Crippen LogP contribution in [0.25, 0.3) is 0 Å². The Hall–Kier alpha value is -1.58. The van der Waals surface area contributed by atoms with Crippen molar-refractivity contribution in [3.05, 3.63) is 64.4 Å². The minimum absolute atomic E-state index is 0.213. The van der Waals surface area contributed by atoms with Gasteiger partial charge in [0.15, 0.2) is 0 Å². The predicted molar refractivity (Wildman–Crippen MR) is 74.8 cm³/mol. The molecule has 0 saturated heterocycles. The minimum Gasteiger partial charge on any atom is -0.488 e. The molecule has 4 heteroatoms. The molecule has 0 aliphatic carbocycles. The lowest BCUT2D eigenvalue weighted by molar-refractivity contribution is 0.300. The third kappa shape index (κ3) is 3.69. The zero-order valence-electron chi connectivity index (χ0n) is 10.6. The van der Waals surface area contributed by atoms with Gasteiger partial charge < -0.3 is 10.5 Å². The van der Waals surface area contributed by atoms with Crippen LogP contribution in [0.15, 0.2) is 42.5 Å². The summed E-state index contributed by atoms with van der Waals surface area (Å²) < 4.78 is 18.9. The van der Waals surface area contributed by atoms with Gasteiger partial charge in [-0.25, -0.2) is 4.39 Å². The van der Waals surface area contributed by atoms with Crippen LogP contribution in [-0.4, -0.2) is 0 Å². The fourth-order valence-corrected chi connectivity index (χ4v) is 2.01. The van der Waals surface area contributed by atoms with Gasteiger partial charge >= 0.3 is 0 Å². The third-order valence-corrected chi connectivity index (χ3v) is 2.98. The summed E-state index contributed by atoms with van der Waals surface area (Å²) in [4.78, 5) is 0. The maximum absolute atomic E-state index is 13.3. The van der Waals surface area contributed by atoms with Crippen molar-refractivity contribution in [1.29, 1.82) is 0 Å². The van der Waals surface area contributed by atoms with Crippen molar-refractivity contribution in [2.24, 2.45) is 5.73 Å². The standard InChI is InChI=1S/C15H15ClFNO/c1-10(18)14-6-5-13(17)8-15(14)19-9-11-3-2-4-12(16)7-11/h2-8,10H,9,18H2,1H3/t10-/m0/s1. The molecule has 2 aromatic carbocycles. The van der Waals surface area contributed by atoms with E-state index in [9.17, 15) is 4.39 Å². The van der Waals surface area contributed by atoms with Crippen molar-refractivity contribution in [3.63, 3.8) is 0 Å². The largest absolute Gasteiger partial charge is 0.488 e. The number of hydrogen-bond donors (Lipinski definition) is 1. The minimum atomic E-state index is -0.342. The van der Waals surface area contributed by atoms with Crippen LogP contribution in [0.2, 0.25) is 5.02 Å². The summed E-state index contributed by atoms with van der Waals surface area (Å²) in [5.74, 6) is 0.125. The van der Waals surface area contributed by atoms with Crippen LogP contribution < -0.4 is 10.5 Å². The maximum Gasteiger partial charge on any atom is 0.127 e. The Morgan fingerprint density at radius 3 is 2.74 bits per heavy atom. The maximum atomic E-state index is 13.3. The fraction of sp³-hybridized carbons (Fsp3) is 0.200. The zero-order chi connectivity index (χ0) is 13.8. The van der Waals surface area contributed by atoms with Gasteiger partial charge in [0.2, 0.25) is 0 Å². The highest BCUT2D eigenvalue weighted by Crippen LogP contribution is 2.26. The van der Waals surface area contributed by atoms with E-state index in [2.05, 4.69) is 0 Å². The molecule has 0 heterocycles. The molecule has 0 aliphatic rings. The van der Waals surface area contributed by atoms with E-state index in [0.29, 0.717) is 17.4 Å². The Morgan fingerprint density at radius 1 is 1.26 bits per heavy atom. The molecule has 2 N–H and O–H groups in total. The van der Waals surface area contributed by atoms with E-state index in [1.54, 1.807) is 12.1 Å². The summed E-state index contributed by atoms with van der Waals surface area (Å²) in [6, 6.07) is 11.5. The van der Waals surface area contributed by atoms with Gasteiger partial charge in [0, 0.05) is 22.7 Å². The molecule has 0 radical (unpaired) electrons. The van der Waals surface area contributed by atoms with E-state index in [-0.39, 0.29) is 11.9 Å². The lowest BCUT2D eigenvalue weighted by Crippen LogP contribution is -2.08. The van der Waals surface area contributed by atoms with Gasteiger partial charge in [-0.15, -0.1) is 0 Å². The number of halogens is 2. The smallest absolute Gasteiger partial charge is 0.127 e. The Kier molecular flexibility index (Phi) is 4.40. The summed E-state index contributed by atoms with van der Waals surface area (Å²) in [5, 5.41) is 0.646. The lowest BCUT2D eigenvalue weighted by Gasteiger charge is -2.14. The fourth-order valence-electron chi connectivity index (χ4n) is 1.80. The van der Waals surface area contributed by atoms with E-state index in [0.717, 1.165) is 11.1 Å². The van der Waals surface area contributed by atoms with Crippen molar-refractivity contribution in [3.8, 4) is 5.75 Å². The molecule has 0 bridgehead atoms. The molecular formula is C15H15ClFNO. The first-order valence-electron chi connectivity index (χ1n) is 5.98. The quantitative estimate of drug-likeness (QED) is 0.915. The first-order chi connectivity index (χ1) is 9.06. The molecule has 1 atom stereocenters. The van der Waals surface area contributed by atoms with E-state index >= 15 is 0 Å². The van der Waals surface area contributed by atoms with Crippen molar-refractivity contribution in [2.75, 3.05) is 0 Å². The van der Waals surface area contributed by atoms with Crippen LogP contribution in [-0.2, 0) is 6.61 Å². The van der Waals surface area contributed by atoms with E-state index in [1.807, 2.05) is 25.1 Å². The molecule has 2 rings (SSSR count). The zero-order valence-corrected chi connectivity index (χ0v) is 11.3. The van der Waals surface area contributed by atoms with Crippen molar-refractivity contribution >= 4 is 11.6 Å². The number of rotatable bonds is 4. The SMILES string of the molecule is C[C@H](N)c1ccc(F)cc1OCc1cccc(Cl)c1. The number of nitrogens with two attached hydrogens (primary N) is 1. The molecule has 0 unspecified atom stereocenters. The summed E-state index contributed by atoms with van der Waals surface area (Å²) in [5.41, 5.74) is 7.54. The topological polar surface area (TPSA) is 35.2 Å². The molecular weight excluding hydrogens is 265 g/mol. The molecule has 0 aliphatic heterocycles. The highest BCUT2D eigenvalue weighted by atomic mass is 35.5. The Bertz CT molecular complexity index is 572. The Morgan fingerprint density at radius 2 is 2.05 bits per heavy atom. The van der Waals surface area contributed by atoms with E-state index in [4.69, 9.17) is 22.1 Å². The Balaban J connectivity index is 2.17. The first kappa shape index (κ1) is 13.8. The molecule has 0 fully saturated rings. The van der Waals surface area contributed by atoms with Crippen molar-refractivity contribution in [2.45, 2.75) is 19.6 Å².